The highest BCUT2D eigenvalue weighted by Crippen LogP contribution is 2.21. The van der Waals surface area contributed by atoms with Gasteiger partial charge >= 0.3 is 5.97 Å². The molecule has 1 atom stereocenters. The summed E-state index contributed by atoms with van der Waals surface area (Å²) in [5, 5.41) is 8.77. The van der Waals surface area contributed by atoms with Gasteiger partial charge in [-0.15, -0.1) is 0 Å². The fourth-order valence-corrected chi connectivity index (χ4v) is 4.29. The summed E-state index contributed by atoms with van der Waals surface area (Å²) in [6.45, 7) is 1.96. The summed E-state index contributed by atoms with van der Waals surface area (Å²) in [6, 6.07) is 5.29. The van der Waals surface area contributed by atoms with E-state index in [9.17, 15) is 18.0 Å². The average molecular weight is 389 g/mol. The van der Waals surface area contributed by atoms with Gasteiger partial charge in [0.1, 0.15) is 11.3 Å². The van der Waals surface area contributed by atoms with Gasteiger partial charge in [-0.1, -0.05) is 37.4 Å². The third kappa shape index (κ3) is 4.93. The lowest BCUT2D eigenvalue weighted by Crippen LogP contribution is -2.60. The van der Waals surface area contributed by atoms with E-state index in [0.29, 0.717) is 17.0 Å². The van der Waals surface area contributed by atoms with E-state index < -0.39 is 27.3 Å². The second-order valence-corrected chi connectivity index (χ2v) is 8.47. The van der Waals surface area contributed by atoms with Crippen LogP contribution in [-0.4, -0.2) is 54.7 Å². The zero-order valence-corrected chi connectivity index (χ0v) is 15.4. The van der Waals surface area contributed by atoms with Crippen LogP contribution in [0.1, 0.15) is 36.5 Å². The molecule has 0 radical (unpaired) electrons. The van der Waals surface area contributed by atoms with Crippen molar-refractivity contribution >= 4 is 33.5 Å². The Labute approximate surface area is 152 Å². The SMILES string of the molecule is CCCC[C@H](NS(=O)(=O)C1CN(C(=O)c2cccc(Cl)c2)C1)C(=O)O. The van der Waals surface area contributed by atoms with Crippen LogP contribution < -0.4 is 4.72 Å². The molecule has 1 heterocycles. The van der Waals surface area contributed by atoms with Crippen LogP contribution in [0.5, 0.6) is 0 Å². The first-order chi connectivity index (χ1) is 11.7. The number of carboxylic acids is 1. The highest BCUT2D eigenvalue weighted by Gasteiger charge is 2.41. The topological polar surface area (TPSA) is 104 Å². The molecule has 1 amide bonds. The molecule has 1 aliphatic rings. The van der Waals surface area contributed by atoms with E-state index in [1.165, 1.54) is 11.0 Å². The first kappa shape index (κ1) is 19.7. The molecule has 138 valence electrons. The number of halogens is 1. The summed E-state index contributed by atoms with van der Waals surface area (Å²) in [5.41, 5.74) is 0.391. The molecule has 7 nitrogen and oxygen atoms in total. The highest BCUT2D eigenvalue weighted by molar-refractivity contribution is 7.90. The van der Waals surface area contributed by atoms with Crippen LogP contribution in [0.3, 0.4) is 0 Å². The minimum Gasteiger partial charge on any atom is -0.480 e. The Balaban J connectivity index is 1.95. The van der Waals surface area contributed by atoms with Crippen LogP contribution in [0.4, 0.5) is 0 Å². The van der Waals surface area contributed by atoms with Crippen LogP contribution in [0.15, 0.2) is 24.3 Å². The van der Waals surface area contributed by atoms with Gasteiger partial charge in [0.05, 0.1) is 0 Å². The predicted octanol–water partition coefficient (Wildman–Crippen LogP) is 1.73. The molecule has 25 heavy (non-hydrogen) atoms. The smallest absolute Gasteiger partial charge is 0.321 e. The molecular formula is C16H21ClN2O5S. The van der Waals surface area contributed by atoms with Crippen molar-refractivity contribution in [3.8, 4) is 0 Å². The van der Waals surface area contributed by atoms with Gasteiger partial charge in [0.25, 0.3) is 5.91 Å². The van der Waals surface area contributed by atoms with Gasteiger partial charge in [-0.25, -0.2) is 13.1 Å². The molecule has 9 heteroatoms. The summed E-state index contributed by atoms with van der Waals surface area (Å²) >= 11 is 5.85. The van der Waals surface area contributed by atoms with Crippen molar-refractivity contribution in [2.75, 3.05) is 13.1 Å². The first-order valence-electron chi connectivity index (χ1n) is 8.03. The zero-order valence-electron chi connectivity index (χ0n) is 13.8. The van der Waals surface area contributed by atoms with Gasteiger partial charge in [0, 0.05) is 23.7 Å². The number of hydrogen-bond donors (Lipinski definition) is 2. The molecule has 0 unspecified atom stereocenters. The van der Waals surface area contributed by atoms with E-state index >= 15 is 0 Å². The molecule has 1 aromatic rings. The Morgan fingerprint density at radius 3 is 2.64 bits per heavy atom. The number of carboxylic acid groups (broad SMARTS) is 1. The minimum absolute atomic E-state index is 0.0286. The summed E-state index contributed by atoms with van der Waals surface area (Å²) in [6.07, 6.45) is 1.63. The van der Waals surface area contributed by atoms with E-state index in [0.717, 1.165) is 6.42 Å². The average Bonchev–Trinajstić information content (AvgIpc) is 2.49. The first-order valence-corrected chi connectivity index (χ1v) is 9.95. The van der Waals surface area contributed by atoms with E-state index in [2.05, 4.69) is 4.72 Å². The van der Waals surface area contributed by atoms with Crippen molar-refractivity contribution in [3.05, 3.63) is 34.9 Å². The number of unbranched alkanes of at least 4 members (excludes halogenated alkanes) is 1. The largest absolute Gasteiger partial charge is 0.480 e. The van der Waals surface area contributed by atoms with Crippen molar-refractivity contribution < 1.29 is 23.1 Å². The molecule has 1 aliphatic heterocycles. The fourth-order valence-electron chi connectivity index (χ4n) is 2.54. The molecule has 0 aliphatic carbocycles. The summed E-state index contributed by atoms with van der Waals surface area (Å²) in [5.74, 6) is -1.49. The Hall–Kier alpha value is -1.64. The Morgan fingerprint density at radius 2 is 2.08 bits per heavy atom. The number of carbonyl (C=O) groups is 2. The second-order valence-electron chi connectivity index (χ2n) is 6.04. The number of hydrogen-bond acceptors (Lipinski definition) is 4. The summed E-state index contributed by atoms with van der Waals surface area (Å²) < 4.78 is 26.9. The summed E-state index contributed by atoms with van der Waals surface area (Å²) in [7, 11) is -3.81. The molecule has 2 rings (SSSR count). The number of aliphatic carboxylic acids is 1. The molecule has 0 spiro atoms. The quantitative estimate of drug-likeness (QED) is 0.705. The van der Waals surface area contributed by atoms with Crippen LogP contribution in [0.2, 0.25) is 5.02 Å². The normalized spacial score (nSPS) is 16.3. The highest BCUT2D eigenvalue weighted by atomic mass is 35.5. The van der Waals surface area contributed by atoms with Gasteiger partial charge in [0.15, 0.2) is 0 Å². The van der Waals surface area contributed by atoms with Crippen molar-refractivity contribution in [2.45, 2.75) is 37.5 Å². The molecular weight excluding hydrogens is 368 g/mol. The lowest BCUT2D eigenvalue weighted by molar-refractivity contribution is -0.139. The number of likely N-dealkylation sites (tertiary alicyclic amines) is 1. The number of benzene rings is 1. The van der Waals surface area contributed by atoms with Gasteiger partial charge in [-0.05, 0) is 24.6 Å². The number of nitrogens with one attached hydrogen (secondary N) is 1. The molecule has 0 saturated carbocycles. The molecule has 1 aromatic carbocycles. The van der Waals surface area contributed by atoms with Gasteiger partial charge in [0.2, 0.25) is 10.0 Å². The lowest BCUT2D eigenvalue weighted by atomic mass is 10.1. The van der Waals surface area contributed by atoms with Gasteiger partial charge in [-0.2, -0.15) is 0 Å². The van der Waals surface area contributed by atoms with E-state index in [1.807, 2.05) is 6.92 Å². The van der Waals surface area contributed by atoms with Crippen LogP contribution in [0, 0.1) is 0 Å². The Bertz CT molecular complexity index is 747. The van der Waals surface area contributed by atoms with Crippen LogP contribution in [-0.2, 0) is 14.8 Å². The van der Waals surface area contributed by atoms with Crippen LogP contribution in [0.25, 0.3) is 0 Å². The molecule has 0 aromatic heterocycles. The van der Waals surface area contributed by atoms with Crippen LogP contribution >= 0.6 is 11.6 Å². The van der Waals surface area contributed by atoms with Crippen molar-refractivity contribution in [2.24, 2.45) is 0 Å². The standard InChI is InChI=1S/C16H21ClN2O5S/c1-2-3-7-14(16(21)22)18-25(23,24)13-9-19(10-13)15(20)11-5-4-6-12(17)8-11/h4-6,8,13-14,18H,2-3,7,9-10H2,1H3,(H,21,22)/t14-/m0/s1. The third-order valence-electron chi connectivity index (χ3n) is 4.10. The number of sulfonamides is 1. The number of rotatable bonds is 8. The zero-order chi connectivity index (χ0) is 18.6. The fraction of sp³-hybridized carbons (Fsp3) is 0.500. The lowest BCUT2D eigenvalue weighted by Gasteiger charge is -2.39. The molecule has 1 saturated heterocycles. The second kappa shape index (κ2) is 8.16. The maximum atomic E-state index is 12.3. The maximum absolute atomic E-state index is 12.3. The third-order valence-corrected chi connectivity index (χ3v) is 6.12. The van der Waals surface area contributed by atoms with E-state index in [4.69, 9.17) is 16.7 Å². The molecule has 1 fully saturated rings. The predicted molar refractivity (Wildman–Crippen MR) is 94.1 cm³/mol. The number of nitrogens with zero attached hydrogens (tertiary/aromatic N) is 1. The van der Waals surface area contributed by atoms with Crippen molar-refractivity contribution in [3.63, 3.8) is 0 Å². The number of carbonyl (C=O) groups excluding carboxylic acids is 1. The molecule has 2 N–H and O–H groups in total. The van der Waals surface area contributed by atoms with Gasteiger partial charge < -0.3 is 10.0 Å². The van der Waals surface area contributed by atoms with Crippen molar-refractivity contribution in [1.82, 2.24) is 9.62 Å². The Kier molecular flexibility index (Phi) is 6.42. The maximum Gasteiger partial charge on any atom is 0.321 e. The van der Waals surface area contributed by atoms with Crippen molar-refractivity contribution in [1.29, 1.82) is 0 Å². The molecule has 0 bridgehead atoms. The Morgan fingerprint density at radius 1 is 1.40 bits per heavy atom. The monoisotopic (exact) mass is 388 g/mol. The van der Waals surface area contributed by atoms with E-state index in [1.54, 1.807) is 18.2 Å². The van der Waals surface area contributed by atoms with E-state index in [-0.39, 0.29) is 25.4 Å². The number of amides is 1. The summed E-state index contributed by atoms with van der Waals surface area (Å²) in [4.78, 5) is 24.9. The minimum atomic E-state index is -3.81. The van der Waals surface area contributed by atoms with Gasteiger partial charge in [-0.3, -0.25) is 9.59 Å².